The summed E-state index contributed by atoms with van der Waals surface area (Å²) in [6.45, 7) is 15.6. The number of hydrogen-bond donors (Lipinski definition) is 3. The first kappa shape index (κ1) is 16.4. The van der Waals surface area contributed by atoms with E-state index in [2.05, 4.69) is 47.9 Å². The minimum absolute atomic E-state index is 0.0157. The molecule has 0 aromatic rings. The average molecular weight is 308 g/mol. The van der Waals surface area contributed by atoms with Gasteiger partial charge in [0, 0.05) is 22.7 Å². The second-order valence-electron chi connectivity index (χ2n) is 6.15. The first-order valence-electron chi connectivity index (χ1n) is 7.82. The summed E-state index contributed by atoms with van der Waals surface area (Å²) in [6, 6.07) is 0.492. The summed E-state index contributed by atoms with van der Waals surface area (Å²) in [6.07, 6.45) is 6.93. The molecule has 4 heteroatoms. The van der Waals surface area contributed by atoms with Gasteiger partial charge in [0.05, 0.1) is 6.04 Å². The van der Waals surface area contributed by atoms with E-state index in [-0.39, 0.29) is 16.7 Å². The Hall–Kier alpha value is -1.00. The molecule has 2 rings (SSSR count). The summed E-state index contributed by atoms with van der Waals surface area (Å²) in [7, 11) is -0.0157. The third kappa shape index (κ3) is 4.48. The van der Waals surface area contributed by atoms with Crippen LogP contribution in [0.15, 0.2) is 37.2 Å². The molecule has 1 saturated heterocycles. The molecule has 21 heavy (non-hydrogen) atoms. The van der Waals surface area contributed by atoms with Gasteiger partial charge >= 0.3 is 0 Å². The van der Waals surface area contributed by atoms with Crippen LogP contribution in [0.3, 0.4) is 0 Å². The molecule has 1 heterocycles. The van der Waals surface area contributed by atoms with E-state index < -0.39 is 0 Å². The molecule has 0 spiro atoms. The molecule has 2 fully saturated rings. The zero-order valence-corrected chi connectivity index (χ0v) is 14.0. The summed E-state index contributed by atoms with van der Waals surface area (Å²) in [5.74, 6) is 4.52. The Morgan fingerprint density at radius 2 is 2.05 bits per heavy atom. The fourth-order valence-corrected chi connectivity index (χ4v) is 3.96. The maximum atomic E-state index is 4.24. The topological polar surface area (TPSA) is 36.1 Å². The Labute approximate surface area is 132 Å². The summed E-state index contributed by atoms with van der Waals surface area (Å²) < 4.78 is 3.50. The minimum Gasteiger partial charge on any atom is -0.379 e. The van der Waals surface area contributed by atoms with Crippen molar-refractivity contribution in [1.82, 2.24) is 15.4 Å². The molecule has 3 N–H and O–H groups in total. The Morgan fingerprint density at radius 3 is 2.57 bits per heavy atom. The first-order chi connectivity index (χ1) is 10.0. The van der Waals surface area contributed by atoms with E-state index in [0.717, 1.165) is 29.6 Å². The van der Waals surface area contributed by atoms with Gasteiger partial charge < -0.3 is 15.4 Å². The lowest BCUT2D eigenvalue weighted by atomic mass is 9.98. The third-order valence-corrected chi connectivity index (χ3v) is 6.08. The van der Waals surface area contributed by atoms with Crippen molar-refractivity contribution >= 4 is 16.5 Å². The van der Waals surface area contributed by atoms with Crippen molar-refractivity contribution in [3.05, 3.63) is 37.2 Å². The Kier molecular flexibility index (Phi) is 5.71. The van der Waals surface area contributed by atoms with Crippen molar-refractivity contribution in [3.63, 3.8) is 0 Å². The molecule has 0 radical (unpaired) electrons. The Bertz CT molecular complexity index is 433. The summed E-state index contributed by atoms with van der Waals surface area (Å²) >= 11 is 0. The number of rotatable bonds is 9. The normalized spacial score (nSPS) is 25.7. The van der Waals surface area contributed by atoms with Crippen LogP contribution < -0.4 is 15.4 Å². The van der Waals surface area contributed by atoms with Gasteiger partial charge in [0.15, 0.2) is 0 Å². The Morgan fingerprint density at radius 1 is 1.33 bits per heavy atom. The minimum atomic E-state index is -0.0157. The lowest BCUT2D eigenvalue weighted by Crippen LogP contribution is -2.43. The Balaban J connectivity index is 1.95. The molecule has 1 aliphatic carbocycles. The SMILES string of the molecule is C=CC(C)[C@@H](NC(=C)[C@@H]1CCCN1)C(=C)NS(=C)C1CC1. The van der Waals surface area contributed by atoms with Gasteiger partial charge in [0.25, 0.3) is 0 Å². The van der Waals surface area contributed by atoms with Crippen LogP contribution in [0.1, 0.15) is 32.6 Å². The van der Waals surface area contributed by atoms with E-state index in [0.29, 0.717) is 12.0 Å². The van der Waals surface area contributed by atoms with E-state index in [9.17, 15) is 0 Å². The van der Waals surface area contributed by atoms with E-state index in [4.69, 9.17) is 0 Å². The molecule has 3 nitrogen and oxygen atoms in total. The van der Waals surface area contributed by atoms with Crippen molar-refractivity contribution in [1.29, 1.82) is 0 Å². The van der Waals surface area contributed by atoms with Crippen LogP contribution in [-0.2, 0) is 0 Å². The molecule has 2 unspecified atom stereocenters. The zero-order chi connectivity index (χ0) is 15.4. The van der Waals surface area contributed by atoms with Crippen LogP contribution >= 0.6 is 10.7 Å². The molecule has 0 amide bonds. The third-order valence-electron chi connectivity index (χ3n) is 4.28. The second kappa shape index (κ2) is 7.32. The molecule has 118 valence electrons. The van der Waals surface area contributed by atoms with Crippen molar-refractivity contribution in [2.75, 3.05) is 6.54 Å². The van der Waals surface area contributed by atoms with Crippen molar-refractivity contribution in [2.24, 2.45) is 5.92 Å². The van der Waals surface area contributed by atoms with Crippen LogP contribution in [0.2, 0.25) is 0 Å². The predicted octanol–water partition coefficient (Wildman–Crippen LogP) is 2.91. The first-order valence-corrected chi connectivity index (χ1v) is 9.28. The van der Waals surface area contributed by atoms with Gasteiger partial charge in [-0.3, -0.25) is 0 Å². The monoisotopic (exact) mass is 307 g/mol. The largest absolute Gasteiger partial charge is 0.379 e. The van der Waals surface area contributed by atoms with Gasteiger partial charge in [0.1, 0.15) is 0 Å². The lowest BCUT2D eigenvalue weighted by Gasteiger charge is -2.30. The number of hydrogen-bond acceptors (Lipinski definition) is 3. The molecule has 4 atom stereocenters. The molecule has 0 aromatic carbocycles. The molecular formula is C17H29N3S. The van der Waals surface area contributed by atoms with Crippen LogP contribution in [0.4, 0.5) is 0 Å². The smallest absolute Gasteiger partial charge is 0.0719 e. The summed E-state index contributed by atoms with van der Waals surface area (Å²) in [5.41, 5.74) is 2.07. The van der Waals surface area contributed by atoms with E-state index in [1.54, 1.807) is 0 Å². The highest BCUT2D eigenvalue weighted by Crippen LogP contribution is 2.37. The zero-order valence-electron chi connectivity index (χ0n) is 13.2. The van der Waals surface area contributed by atoms with E-state index in [1.807, 2.05) is 6.08 Å². The maximum absolute atomic E-state index is 4.24. The van der Waals surface area contributed by atoms with Crippen LogP contribution in [0, 0.1) is 5.92 Å². The molecule has 0 aromatic heterocycles. The van der Waals surface area contributed by atoms with Gasteiger partial charge in [-0.2, -0.15) is 0 Å². The molecule has 1 aliphatic heterocycles. The lowest BCUT2D eigenvalue weighted by molar-refractivity contribution is 0.486. The molecule has 2 aliphatic rings. The van der Waals surface area contributed by atoms with E-state index >= 15 is 0 Å². The van der Waals surface area contributed by atoms with Crippen molar-refractivity contribution in [2.45, 2.75) is 49.9 Å². The van der Waals surface area contributed by atoms with Crippen molar-refractivity contribution in [3.8, 4) is 0 Å². The fourth-order valence-electron chi connectivity index (χ4n) is 2.62. The number of nitrogens with one attached hydrogen (secondary N) is 3. The van der Waals surface area contributed by atoms with Gasteiger partial charge in [-0.25, -0.2) is 0 Å². The average Bonchev–Trinajstić information content (AvgIpc) is 3.18. The fraction of sp³-hybridized carbons (Fsp3) is 0.588. The summed E-state index contributed by atoms with van der Waals surface area (Å²) in [5, 5.41) is 7.78. The molecule has 0 bridgehead atoms. The summed E-state index contributed by atoms with van der Waals surface area (Å²) in [4.78, 5) is 0. The molecule has 1 saturated carbocycles. The van der Waals surface area contributed by atoms with Crippen molar-refractivity contribution < 1.29 is 0 Å². The quantitative estimate of drug-likeness (QED) is 0.453. The highest BCUT2D eigenvalue weighted by Gasteiger charge is 2.27. The highest BCUT2D eigenvalue weighted by atomic mass is 32.2. The van der Waals surface area contributed by atoms with Gasteiger partial charge in [-0.15, -0.1) is 17.2 Å². The van der Waals surface area contributed by atoms with Gasteiger partial charge in [-0.1, -0.05) is 32.0 Å². The maximum Gasteiger partial charge on any atom is 0.0719 e. The van der Waals surface area contributed by atoms with Crippen LogP contribution in [0.5, 0.6) is 0 Å². The van der Waals surface area contributed by atoms with Crippen LogP contribution in [-0.4, -0.2) is 29.7 Å². The predicted molar refractivity (Wildman–Crippen MR) is 96.5 cm³/mol. The van der Waals surface area contributed by atoms with Gasteiger partial charge in [-0.05, 0) is 38.1 Å². The second-order valence-corrected chi connectivity index (χ2v) is 7.88. The van der Waals surface area contributed by atoms with Gasteiger partial charge in [0.2, 0.25) is 0 Å². The highest BCUT2D eigenvalue weighted by molar-refractivity contribution is 8.13. The standard InChI is InChI=1S/C17H29N3S/c1-6-12(2)17(14(4)20-21(5)15-9-10-15)19-13(3)16-8-7-11-18-16/h6,12,15-20H,1,3-5,7-11H2,2H3/t12?,16-,17+,21?/m0/s1. The van der Waals surface area contributed by atoms with E-state index in [1.165, 1.54) is 19.3 Å². The molecular weight excluding hydrogens is 278 g/mol. The van der Waals surface area contributed by atoms with Crippen LogP contribution in [0.25, 0.3) is 0 Å².